The standard InChI is InChI=1S/C21H28N4O/c1-4-22-21(25-16(3)20-12-11-15(2)26-20)23-13-7-8-17-14-24-19-10-6-5-9-18(17)19/h5-6,9-12,14,16,24H,4,7-8,13H2,1-3H3,(H2,22,23,25). The number of H-pyrrole nitrogens is 1. The van der Waals surface area contributed by atoms with E-state index in [0.717, 1.165) is 43.4 Å². The van der Waals surface area contributed by atoms with Gasteiger partial charge in [-0.25, -0.2) is 0 Å². The number of hydrogen-bond acceptors (Lipinski definition) is 2. The molecular formula is C21H28N4O. The first-order valence-electron chi connectivity index (χ1n) is 9.33. The van der Waals surface area contributed by atoms with Crippen LogP contribution in [0.25, 0.3) is 10.9 Å². The molecule has 3 aromatic rings. The maximum absolute atomic E-state index is 5.69. The summed E-state index contributed by atoms with van der Waals surface area (Å²) in [7, 11) is 0. The molecule has 5 heteroatoms. The van der Waals surface area contributed by atoms with Crippen molar-refractivity contribution in [3.8, 4) is 0 Å². The third-order valence-corrected chi connectivity index (χ3v) is 4.43. The molecule has 3 N–H and O–H groups in total. The number of para-hydroxylation sites is 1. The molecule has 1 unspecified atom stereocenters. The second-order valence-electron chi connectivity index (χ2n) is 6.54. The molecule has 0 saturated heterocycles. The zero-order valence-electron chi connectivity index (χ0n) is 15.8. The fourth-order valence-electron chi connectivity index (χ4n) is 3.08. The van der Waals surface area contributed by atoms with Crippen LogP contribution >= 0.6 is 0 Å². The number of rotatable bonds is 7. The van der Waals surface area contributed by atoms with Gasteiger partial charge in [-0.1, -0.05) is 18.2 Å². The highest BCUT2D eigenvalue weighted by Crippen LogP contribution is 2.19. The molecule has 138 valence electrons. The van der Waals surface area contributed by atoms with Gasteiger partial charge in [0.15, 0.2) is 5.96 Å². The number of aliphatic imine (C=N–C) groups is 1. The van der Waals surface area contributed by atoms with Crippen LogP contribution in [0.15, 0.2) is 52.0 Å². The molecule has 0 spiro atoms. The van der Waals surface area contributed by atoms with E-state index in [-0.39, 0.29) is 6.04 Å². The van der Waals surface area contributed by atoms with E-state index in [1.807, 2.05) is 19.1 Å². The van der Waals surface area contributed by atoms with Gasteiger partial charge in [0.25, 0.3) is 0 Å². The van der Waals surface area contributed by atoms with Crippen molar-refractivity contribution >= 4 is 16.9 Å². The number of nitrogens with zero attached hydrogens (tertiary/aromatic N) is 1. The lowest BCUT2D eigenvalue weighted by molar-refractivity contribution is 0.441. The van der Waals surface area contributed by atoms with Gasteiger partial charge in [0, 0.05) is 30.2 Å². The van der Waals surface area contributed by atoms with Gasteiger partial charge < -0.3 is 20.0 Å². The zero-order chi connectivity index (χ0) is 18.4. The van der Waals surface area contributed by atoms with Crippen LogP contribution in [0.2, 0.25) is 0 Å². The Kier molecular flexibility index (Phi) is 6.00. The van der Waals surface area contributed by atoms with E-state index in [1.54, 1.807) is 0 Å². The first-order valence-corrected chi connectivity index (χ1v) is 9.33. The Balaban J connectivity index is 1.55. The van der Waals surface area contributed by atoms with Crippen molar-refractivity contribution < 1.29 is 4.42 Å². The Morgan fingerprint density at radius 2 is 2.08 bits per heavy atom. The van der Waals surface area contributed by atoms with E-state index in [2.05, 4.69) is 59.9 Å². The zero-order valence-corrected chi connectivity index (χ0v) is 15.8. The molecule has 26 heavy (non-hydrogen) atoms. The predicted octanol–water partition coefficient (Wildman–Crippen LogP) is 4.32. The summed E-state index contributed by atoms with van der Waals surface area (Å²) in [4.78, 5) is 8.04. The summed E-state index contributed by atoms with van der Waals surface area (Å²) in [6.07, 6.45) is 4.13. The molecule has 0 saturated carbocycles. The first-order chi connectivity index (χ1) is 12.7. The van der Waals surface area contributed by atoms with Crippen molar-refractivity contribution in [3.05, 3.63) is 59.7 Å². The lowest BCUT2D eigenvalue weighted by Crippen LogP contribution is -2.38. The van der Waals surface area contributed by atoms with Gasteiger partial charge in [-0.15, -0.1) is 0 Å². The first kappa shape index (κ1) is 18.1. The van der Waals surface area contributed by atoms with Crippen molar-refractivity contribution in [2.45, 2.75) is 39.7 Å². The Morgan fingerprint density at radius 3 is 2.85 bits per heavy atom. The smallest absolute Gasteiger partial charge is 0.191 e. The van der Waals surface area contributed by atoms with Gasteiger partial charge in [-0.3, -0.25) is 4.99 Å². The summed E-state index contributed by atoms with van der Waals surface area (Å²) in [5.74, 6) is 2.68. The Morgan fingerprint density at radius 1 is 1.23 bits per heavy atom. The quantitative estimate of drug-likeness (QED) is 0.337. The summed E-state index contributed by atoms with van der Waals surface area (Å²) in [5.41, 5.74) is 2.55. The average Bonchev–Trinajstić information content (AvgIpc) is 3.25. The summed E-state index contributed by atoms with van der Waals surface area (Å²) in [5, 5.41) is 8.02. The largest absolute Gasteiger partial charge is 0.464 e. The van der Waals surface area contributed by atoms with E-state index in [9.17, 15) is 0 Å². The van der Waals surface area contributed by atoms with Crippen LogP contribution in [0, 0.1) is 6.92 Å². The van der Waals surface area contributed by atoms with Crippen molar-refractivity contribution in [2.24, 2.45) is 4.99 Å². The number of aryl methyl sites for hydroxylation is 2. The van der Waals surface area contributed by atoms with Gasteiger partial charge in [-0.2, -0.15) is 0 Å². The molecule has 0 aliphatic rings. The molecular weight excluding hydrogens is 324 g/mol. The third kappa shape index (κ3) is 4.48. The minimum Gasteiger partial charge on any atom is -0.464 e. The third-order valence-electron chi connectivity index (χ3n) is 4.43. The van der Waals surface area contributed by atoms with Crippen molar-refractivity contribution in [1.29, 1.82) is 0 Å². The van der Waals surface area contributed by atoms with Gasteiger partial charge in [-0.05, 0) is 57.4 Å². The number of aromatic nitrogens is 1. The Hall–Kier alpha value is -2.69. The van der Waals surface area contributed by atoms with Crippen LogP contribution in [-0.4, -0.2) is 24.0 Å². The molecule has 5 nitrogen and oxygen atoms in total. The summed E-state index contributed by atoms with van der Waals surface area (Å²) in [6, 6.07) is 12.5. The van der Waals surface area contributed by atoms with E-state index in [4.69, 9.17) is 9.41 Å². The molecule has 1 aromatic carbocycles. The highest BCUT2D eigenvalue weighted by atomic mass is 16.3. The van der Waals surface area contributed by atoms with E-state index in [1.165, 1.54) is 16.5 Å². The number of aromatic amines is 1. The summed E-state index contributed by atoms with van der Waals surface area (Å²) >= 11 is 0. The molecule has 0 amide bonds. The van der Waals surface area contributed by atoms with Crippen LogP contribution in [0.5, 0.6) is 0 Å². The number of fused-ring (bicyclic) bond motifs is 1. The number of furan rings is 1. The Bertz CT molecular complexity index is 862. The van der Waals surface area contributed by atoms with Crippen molar-refractivity contribution in [3.63, 3.8) is 0 Å². The molecule has 0 bridgehead atoms. The van der Waals surface area contributed by atoms with Crippen LogP contribution in [0.3, 0.4) is 0 Å². The maximum atomic E-state index is 5.69. The summed E-state index contributed by atoms with van der Waals surface area (Å²) in [6.45, 7) is 7.72. The molecule has 2 aromatic heterocycles. The van der Waals surface area contributed by atoms with E-state index in [0.29, 0.717) is 0 Å². The van der Waals surface area contributed by atoms with Gasteiger partial charge in [0.05, 0.1) is 6.04 Å². The van der Waals surface area contributed by atoms with Crippen LogP contribution in [0.1, 0.15) is 43.4 Å². The highest BCUT2D eigenvalue weighted by Gasteiger charge is 2.11. The van der Waals surface area contributed by atoms with Gasteiger partial charge in [0.1, 0.15) is 11.5 Å². The minimum atomic E-state index is 0.0788. The molecule has 1 atom stereocenters. The molecule has 0 aliphatic carbocycles. The molecule has 3 rings (SSSR count). The highest BCUT2D eigenvalue weighted by molar-refractivity contribution is 5.83. The monoisotopic (exact) mass is 352 g/mol. The fraction of sp³-hybridized carbons (Fsp3) is 0.381. The van der Waals surface area contributed by atoms with Crippen LogP contribution < -0.4 is 10.6 Å². The number of guanidine groups is 1. The second-order valence-corrected chi connectivity index (χ2v) is 6.54. The molecule has 0 radical (unpaired) electrons. The summed E-state index contributed by atoms with van der Waals surface area (Å²) < 4.78 is 5.69. The normalized spacial score (nSPS) is 13.1. The van der Waals surface area contributed by atoms with Gasteiger partial charge >= 0.3 is 0 Å². The van der Waals surface area contributed by atoms with E-state index < -0.39 is 0 Å². The lowest BCUT2D eigenvalue weighted by Gasteiger charge is -2.16. The van der Waals surface area contributed by atoms with Crippen molar-refractivity contribution in [1.82, 2.24) is 15.6 Å². The number of nitrogens with one attached hydrogen (secondary N) is 3. The average molecular weight is 352 g/mol. The topological polar surface area (TPSA) is 65.3 Å². The number of benzene rings is 1. The Labute approximate surface area is 154 Å². The molecule has 0 aliphatic heterocycles. The minimum absolute atomic E-state index is 0.0788. The fourth-order valence-corrected chi connectivity index (χ4v) is 3.08. The van der Waals surface area contributed by atoms with Crippen LogP contribution in [0.4, 0.5) is 0 Å². The van der Waals surface area contributed by atoms with Crippen molar-refractivity contribution in [2.75, 3.05) is 13.1 Å². The molecule has 0 fully saturated rings. The lowest BCUT2D eigenvalue weighted by atomic mass is 10.1. The van der Waals surface area contributed by atoms with E-state index >= 15 is 0 Å². The SMILES string of the molecule is CCNC(=NCCCc1c[nH]c2ccccc12)NC(C)c1ccc(C)o1. The second kappa shape index (κ2) is 8.61. The van der Waals surface area contributed by atoms with Gasteiger partial charge in [0.2, 0.25) is 0 Å². The predicted molar refractivity (Wildman–Crippen MR) is 108 cm³/mol. The number of hydrogen-bond donors (Lipinski definition) is 3. The van der Waals surface area contributed by atoms with Crippen LogP contribution in [-0.2, 0) is 6.42 Å². The molecule has 2 heterocycles. The maximum Gasteiger partial charge on any atom is 0.191 e.